The topological polar surface area (TPSA) is 77.8 Å². The molecule has 150 valence electrons. The van der Waals surface area contributed by atoms with Gasteiger partial charge >= 0.3 is 0 Å². The van der Waals surface area contributed by atoms with Gasteiger partial charge in [0.25, 0.3) is 5.91 Å². The van der Waals surface area contributed by atoms with Crippen LogP contribution in [0.4, 0.5) is 5.69 Å². The van der Waals surface area contributed by atoms with Gasteiger partial charge in [0.1, 0.15) is 23.3 Å². The zero-order valence-electron chi connectivity index (χ0n) is 16.3. The molecule has 6 nitrogen and oxygen atoms in total. The van der Waals surface area contributed by atoms with Crippen molar-refractivity contribution >= 4 is 22.6 Å². The predicted octanol–water partition coefficient (Wildman–Crippen LogP) is 4.49. The minimum absolute atomic E-state index is 0.163. The van der Waals surface area contributed by atoms with Gasteiger partial charge in [0.15, 0.2) is 6.61 Å². The summed E-state index contributed by atoms with van der Waals surface area (Å²) in [5.41, 5.74) is 1.97. The molecule has 0 bridgehead atoms. The third kappa shape index (κ3) is 4.03. The maximum Gasteiger partial charge on any atom is 0.262 e. The van der Waals surface area contributed by atoms with E-state index in [9.17, 15) is 9.59 Å². The van der Waals surface area contributed by atoms with E-state index < -0.39 is 0 Å². The minimum atomic E-state index is -0.283. The average Bonchev–Trinajstić information content (AvgIpc) is 2.78. The molecule has 0 unspecified atom stereocenters. The van der Waals surface area contributed by atoms with Crippen LogP contribution >= 0.6 is 0 Å². The normalized spacial score (nSPS) is 10.6. The lowest BCUT2D eigenvalue weighted by Gasteiger charge is -2.09. The number of carbonyl (C=O) groups excluding carboxylic acids is 1. The van der Waals surface area contributed by atoms with Gasteiger partial charge in [0, 0.05) is 17.3 Å². The van der Waals surface area contributed by atoms with Crippen LogP contribution in [-0.2, 0) is 4.79 Å². The number of benzene rings is 3. The van der Waals surface area contributed by atoms with Crippen LogP contribution in [0.15, 0.2) is 88.3 Å². The Kier molecular flexibility index (Phi) is 5.48. The van der Waals surface area contributed by atoms with Gasteiger partial charge in [-0.3, -0.25) is 9.59 Å². The largest absolute Gasteiger partial charge is 0.496 e. The summed E-state index contributed by atoms with van der Waals surface area (Å²) >= 11 is 0. The molecule has 4 aromatic rings. The maximum absolute atomic E-state index is 13.0. The van der Waals surface area contributed by atoms with E-state index in [1.165, 1.54) is 6.26 Å². The molecule has 0 aliphatic carbocycles. The summed E-state index contributed by atoms with van der Waals surface area (Å²) in [7, 11) is 1.55. The number of nitrogens with one attached hydrogen (secondary N) is 1. The number of rotatable bonds is 6. The van der Waals surface area contributed by atoms with Crippen molar-refractivity contribution < 1.29 is 18.7 Å². The number of ether oxygens (including phenoxy) is 2. The molecule has 0 radical (unpaired) electrons. The lowest BCUT2D eigenvalue weighted by molar-refractivity contribution is -0.118. The second-order valence-electron chi connectivity index (χ2n) is 6.54. The number of hydrogen-bond donors (Lipinski definition) is 1. The molecule has 0 aliphatic rings. The fourth-order valence-corrected chi connectivity index (χ4v) is 3.12. The van der Waals surface area contributed by atoms with Crippen molar-refractivity contribution in [3.63, 3.8) is 0 Å². The van der Waals surface area contributed by atoms with Crippen LogP contribution in [0.5, 0.6) is 11.5 Å². The molecule has 0 saturated heterocycles. The standard InChI is InChI=1S/C24H19NO5/c1-28-21-10-6-5-9-18(21)20-14-30-22-13-17(11-12-19(22)24(20)27)29-15-23(26)25-16-7-3-2-4-8-16/h2-14H,15H2,1H3,(H,25,26). The van der Waals surface area contributed by atoms with Gasteiger partial charge in [0.05, 0.1) is 18.1 Å². The second-order valence-corrected chi connectivity index (χ2v) is 6.54. The molecule has 3 aromatic carbocycles. The molecule has 1 aromatic heterocycles. The molecule has 1 heterocycles. The summed E-state index contributed by atoms with van der Waals surface area (Å²) in [6, 6.07) is 21.3. The van der Waals surface area contributed by atoms with E-state index in [2.05, 4.69) is 5.32 Å². The number of anilines is 1. The summed E-state index contributed by atoms with van der Waals surface area (Å²) < 4.78 is 16.6. The van der Waals surface area contributed by atoms with Crippen molar-refractivity contribution in [2.75, 3.05) is 19.0 Å². The van der Waals surface area contributed by atoms with Gasteiger partial charge in [-0.15, -0.1) is 0 Å². The Balaban J connectivity index is 1.54. The third-order valence-electron chi connectivity index (χ3n) is 4.57. The smallest absolute Gasteiger partial charge is 0.262 e. The maximum atomic E-state index is 13.0. The lowest BCUT2D eigenvalue weighted by Crippen LogP contribution is -2.20. The minimum Gasteiger partial charge on any atom is -0.496 e. The lowest BCUT2D eigenvalue weighted by atomic mass is 10.0. The van der Waals surface area contributed by atoms with Crippen molar-refractivity contribution in [3.8, 4) is 22.6 Å². The summed E-state index contributed by atoms with van der Waals surface area (Å²) in [6.07, 6.45) is 1.41. The monoisotopic (exact) mass is 401 g/mol. The summed E-state index contributed by atoms with van der Waals surface area (Å²) in [5, 5.41) is 3.16. The first-order valence-electron chi connectivity index (χ1n) is 9.32. The summed E-state index contributed by atoms with van der Waals surface area (Å²) in [5.74, 6) is 0.738. The molecule has 0 spiro atoms. The van der Waals surface area contributed by atoms with Gasteiger partial charge in [-0.05, 0) is 30.3 Å². The van der Waals surface area contributed by atoms with Gasteiger partial charge in [-0.2, -0.15) is 0 Å². The number of para-hydroxylation sites is 2. The first kappa shape index (κ1) is 19.3. The fourth-order valence-electron chi connectivity index (χ4n) is 3.12. The van der Waals surface area contributed by atoms with E-state index in [4.69, 9.17) is 13.9 Å². The zero-order chi connectivity index (χ0) is 20.9. The van der Waals surface area contributed by atoms with Crippen LogP contribution in [0.3, 0.4) is 0 Å². The SMILES string of the molecule is COc1ccccc1-c1coc2cc(OCC(=O)Nc3ccccc3)ccc2c1=O. The van der Waals surface area contributed by atoms with Crippen LogP contribution in [0, 0.1) is 0 Å². The van der Waals surface area contributed by atoms with E-state index in [1.807, 2.05) is 30.3 Å². The molecule has 1 N–H and O–H groups in total. The van der Waals surface area contributed by atoms with Gasteiger partial charge in [-0.1, -0.05) is 36.4 Å². The highest BCUT2D eigenvalue weighted by Crippen LogP contribution is 2.29. The summed E-state index contributed by atoms with van der Waals surface area (Å²) in [4.78, 5) is 25.0. The Hall–Kier alpha value is -4.06. The molecule has 30 heavy (non-hydrogen) atoms. The highest BCUT2D eigenvalue weighted by Gasteiger charge is 2.14. The van der Waals surface area contributed by atoms with Gasteiger partial charge in [0.2, 0.25) is 5.43 Å². The number of methoxy groups -OCH3 is 1. The number of fused-ring (bicyclic) bond motifs is 1. The molecular formula is C24H19NO5. The molecule has 4 rings (SSSR count). The molecule has 6 heteroatoms. The highest BCUT2D eigenvalue weighted by molar-refractivity contribution is 5.92. The van der Waals surface area contributed by atoms with E-state index in [1.54, 1.807) is 49.6 Å². The zero-order valence-corrected chi connectivity index (χ0v) is 16.3. The van der Waals surface area contributed by atoms with E-state index >= 15 is 0 Å². The van der Waals surface area contributed by atoms with Crippen LogP contribution < -0.4 is 20.2 Å². The van der Waals surface area contributed by atoms with Crippen LogP contribution in [0.1, 0.15) is 0 Å². The fraction of sp³-hybridized carbons (Fsp3) is 0.0833. The predicted molar refractivity (Wildman–Crippen MR) is 115 cm³/mol. The Morgan fingerprint density at radius 3 is 2.53 bits per heavy atom. The molecular weight excluding hydrogens is 382 g/mol. The number of carbonyl (C=O) groups is 1. The van der Waals surface area contributed by atoms with Gasteiger partial charge < -0.3 is 19.2 Å². The molecule has 0 saturated carbocycles. The highest BCUT2D eigenvalue weighted by atomic mass is 16.5. The van der Waals surface area contributed by atoms with E-state index in [0.717, 1.165) is 0 Å². The first-order valence-corrected chi connectivity index (χ1v) is 9.32. The quantitative estimate of drug-likeness (QED) is 0.515. The third-order valence-corrected chi connectivity index (χ3v) is 4.57. The van der Waals surface area contributed by atoms with Crippen molar-refractivity contribution in [2.24, 2.45) is 0 Å². The van der Waals surface area contributed by atoms with Crippen molar-refractivity contribution in [1.82, 2.24) is 0 Å². The summed E-state index contributed by atoms with van der Waals surface area (Å²) in [6.45, 7) is -0.163. The average molecular weight is 401 g/mol. The molecule has 0 fully saturated rings. The van der Waals surface area contributed by atoms with Crippen LogP contribution in [-0.4, -0.2) is 19.6 Å². The molecule has 1 amide bonds. The van der Waals surface area contributed by atoms with Crippen molar-refractivity contribution in [2.45, 2.75) is 0 Å². The van der Waals surface area contributed by atoms with Crippen LogP contribution in [0.25, 0.3) is 22.1 Å². The van der Waals surface area contributed by atoms with Crippen LogP contribution in [0.2, 0.25) is 0 Å². The van der Waals surface area contributed by atoms with Crippen molar-refractivity contribution in [1.29, 1.82) is 0 Å². The number of hydrogen-bond acceptors (Lipinski definition) is 5. The molecule has 0 atom stereocenters. The Morgan fingerprint density at radius 2 is 1.73 bits per heavy atom. The first-order chi connectivity index (χ1) is 14.7. The Bertz CT molecular complexity index is 1250. The van der Waals surface area contributed by atoms with Crippen molar-refractivity contribution in [3.05, 3.63) is 89.3 Å². The Morgan fingerprint density at radius 1 is 0.967 bits per heavy atom. The Labute approximate surface area is 172 Å². The number of amides is 1. The second kappa shape index (κ2) is 8.53. The molecule has 0 aliphatic heterocycles. The van der Waals surface area contributed by atoms with E-state index in [-0.39, 0.29) is 17.9 Å². The van der Waals surface area contributed by atoms with Gasteiger partial charge in [-0.25, -0.2) is 0 Å². The van der Waals surface area contributed by atoms with E-state index in [0.29, 0.717) is 39.3 Å².